The predicted molar refractivity (Wildman–Crippen MR) is 92.5 cm³/mol. The van der Waals surface area contributed by atoms with Gasteiger partial charge in [0.15, 0.2) is 0 Å². The molecule has 0 aliphatic heterocycles. The minimum absolute atomic E-state index is 0.275. The summed E-state index contributed by atoms with van der Waals surface area (Å²) < 4.78 is 24.8. The fourth-order valence-electron chi connectivity index (χ4n) is 2.47. The number of aromatic nitrogens is 1. The summed E-state index contributed by atoms with van der Waals surface area (Å²) in [4.78, 5) is 24.6. The van der Waals surface area contributed by atoms with E-state index < -0.39 is 33.4 Å². The van der Waals surface area contributed by atoms with Gasteiger partial charge < -0.3 is 15.2 Å². The second-order valence-corrected chi connectivity index (χ2v) is 7.83. The number of para-hydroxylation sites is 1. The minimum Gasteiger partial charge on any atom is -0.341 e. The molecule has 0 aliphatic carbocycles. The molecule has 8 nitrogen and oxygen atoms in total. The zero-order valence-corrected chi connectivity index (χ0v) is 14.6. The molecule has 9 heteroatoms. The number of amides is 2. The summed E-state index contributed by atoms with van der Waals surface area (Å²) in [5.74, 6) is -1.85. The van der Waals surface area contributed by atoms with E-state index in [4.69, 9.17) is 5.26 Å². The quantitative estimate of drug-likeness (QED) is 0.699. The number of carbonyl (C=O) groups excluding carboxylic acids is 2. The average Bonchev–Trinajstić information content (AvgIpc) is 2.88. The van der Waals surface area contributed by atoms with Gasteiger partial charge in [0.1, 0.15) is 28.1 Å². The Kier molecular flexibility index (Phi) is 5.44. The van der Waals surface area contributed by atoms with Gasteiger partial charge in [-0.15, -0.1) is 0 Å². The average molecular weight is 362 g/mol. The van der Waals surface area contributed by atoms with Crippen LogP contribution in [0.3, 0.4) is 0 Å². The lowest BCUT2D eigenvalue weighted by molar-refractivity contribution is -0.122. The molecule has 0 spiro atoms. The lowest BCUT2D eigenvalue weighted by Gasteiger charge is -2.17. The Labute approximate surface area is 145 Å². The molecule has 0 radical (unpaired) electrons. The van der Waals surface area contributed by atoms with E-state index in [2.05, 4.69) is 10.6 Å². The third kappa shape index (κ3) is 4.58. The fourth-order valence-corrected chi connectivity index (χ4v) is 3.31. The van der Waals surface area contributed by atoms with Crippen LogP contribution >= 0.6 is 0 Å². The zero-order valence-electron chi connectivity index (χ0n) is 13.8. The van der Waals surface area contributed by atoms with E-state index in [1.54, 1.807) is 23.8 Å². The first-order valence-electron chi connectivity index (χ1n) is 7.40. The van der Waals surface area contributed by atoms with Crippen molar-refractivity contribution < 1.29 is 18.0 Å². The van der Waals surface area contributed by atoms with Gasteiger partial charge in [-0.3, -0.25) is 9.59 Å². The number of aryl methyl sites for hydroxylation is 1. The van der Waals surface area contributed by atoms with Gasteiger partial charge in [-0.05, 0) is 12.1 Å². The van der Waals surface area contributed by atoms with Crippen molar-refractivity contribution in [2.45, 2.75) is 6.04 Å². The third-order valence-corrected chi connectivity index (χ3v) is 4.56. The van der Waals surface area contributed by atoms with Crippen molar-refractivity contribution in [2.75, 3.05) is 18.6 Å². The number of sulfone groups is 1. The number of nitrogens with one attached hydrogen (secondary N) is 2. The van der Waals surface area contributed by atoms with Crippen LogP contribution in [-0.2, 0) is 21.7 Å². The molecular weight excluding hydrogens is 344 g/mol. The first-order valence-corrected chi connectivity index (χ1v) is 9.46. The van der Waals surface area contributed by atoms with Gasteiger partial charge in [-0.25, -0.2) is 8.42 Å². The van der Waals surface area contributed by atoms with E-state index in [1.807, 2.05) is 24.3 Å². The number of fused-ring (bicyclic) bond motifs is 1. The van der Waals surface area contributed by atoms with Gasteiger partial charge in [-0.2, -0.15) is 5.26 Å². The van der Waals surface area contributed by atoms with Gasteiger partial charge in [0.05, 0.1) is 11.8 Å². The first-order chi connectivity index (χ1) is 11.7. The maximum atomic E-state index is 12.5. The van der Waals surface area contributed by atoms with E-state index >= 15 is 0 Å². The Bertz CT molecular complexity index is 956. The molecule has 2 rings (SSSR count). The molecule has 1 heterocycles. The van der Waals surface area contributed by atoms with Crippen molar-refractivity contribution >= 4 is 32.6 Å². The first kappa shape index (κ1) is 18.5. The van der Waals surface area contributed by atoms with Crippen LogP contribution in [0.1, 0.15) is 10.5 Å². The molecule has 0 fully saturated rings. The van der Waals surface area contributed by atoms with Gasteiger partial charge in [0, 0.05) is 24.2 Å². The molecule has 2 N–H and O–H groups in total. The summed E-state index contributed by atoms with van der Waals surface area (Å²) in [7, 11) is -1.81. The molecule has 132 valence electrons. The number of carbonyl (C=O) groups is 2. The molecule has 1 unspecified atom stereocenters. The molecule has 2 aromatic rings. The highest BCUT2D eigenvalue weighted by atomic mass is 32.2. The molecule has 1 aromatic carbocycles. The molecule has 1 atom stereocenters. The third-order valence-electron chi connectivity index (χ3n) is 3.62. The number of nitrogens with zero attached hydrogens (tertiary/aromatic N) is 2. The van der Waals surface area contributed by atoms with Crippen LogP contribution < -0.4 is 10.6 Å². The Morgan fingerprint density at radius 1 is 1.32 bits per heavy atom. The van der Waals surface area contributed by atoms with Crippen LogP contribution in [0.4, 0.5) is 0 Å². The van der Waals surface area contributed by atoms with Crippen molar-refractivity contribution in [2.24, 2.45) is 7.05 Å². The Balaban J connectivity index is 2.27. The number of rotatable bonds is 6. The number of hydrogen-bond acceptors (Lipinski definition) is 5. The highest BCUT2D eigenvalue weighted by molar-refractivity contribution is 7.90. The largest absolute Gasteiger partial charge is 0.341 e. The smallest absolute Gasteiger partial charge is 0.268 e. The van der Waals surface area contributed by atoms with E-state index in [9.17, 15) is 18.0 Å². The second-order valence-electron chi connectivity index (χ2n) is 5.64. The van der Waals surface area contributed by atoms with E-state index in [0.717, 1.165) is 17.2 Å². The monoisotopic (exact) mass is 362 g/mol. The van der Waals surface area contributed by atoms with Crippen LogP contribution in [0.25, 0.3) is 10.9 Å². The van der Waals surface area contributed by atoms with Crippen LogP contribution in [0, 0.1) is 11.3 Å². The molecule has 1 aromatic heterocycles. The van der Waals surface area contributed by atoms with Crippen molar-refractivity contribution in [1.82, 2.24) is 15.2 Å². The Hall–Kier alpha value is -2.86. The maximum absolute atomic E-state index is 12.5. The fraction of sp³-hybridized carbons (Fsp3) is 0.312. The number of nitriles is 1. The second kappa shape index (κ2) is 7.36. The lowest BCUT2D eigenvalue weighted by Crippen LogP contribution is -2.50. The molecule has 0 bridgehead atoms. The van der Waals surface area contributed by atoms with Crippen LogP contribution in [-0.4, -0.2) is 49.4 Å². The molecule has 0 saturated heterocycles. The van der Waals surface area contributed by atoms with E-state index in [-0.39, 0.29) is 6.54 Å². The summed E-state index contributed by atoms with van der Waals surface area (Å²) >= 11 is 0. The van der Waals surface area contributed by atoms with Gasteiger partial charge >= 0.3 is 0 Å². The van der Waals surface area contributed by atoms with Gasteiger partial charge in [0.25, 0.3) is 5.91 Å². The van der Waals surface area contributed by atoms with Crippen molar-refractivity contribution in [3.63, 3.8) is 0 Å². The summed E-state index contributed by atoms with van der Waals surface area (Å²) in [6.45, 7) is -0.275. The minimum atomic E-state index is -3.52. The maximum Gasteiger partial charge on any atom is 0.268 e. The Morgan fingerprint density at radius 3 is 2.60 bits per heavy atom. The summed E-state index contributed by atoms with van der Waals surface area (Å²) in [6, 6.07) is 9.48. The highest BCUT2D eigenvalue weighted by Crippen LogP contribution is 2.18. The summed E-state index contributed by atoms with van der Waals surface area (Å²) in [5.41, 5.74) is 1.13. The zero-order chi connectivity index (χ0) is 18.6. The number of benzene rings is 1. The van der Waals surface area contributed by atoms with E-state index in [0.29, 0.717) is 5.69 Å². The lowest BCUT2D eigenvalue weighted by atomic mass is 10.2. The molecule has 0 saturated carbocycles. The van der Waals surface area contributed by atoms with E-state index in [1.165, 1.54) is 0 Å². The van der Waals surface area contributed by atoms with Gasteiger partial charge in [0.2, 0.25) is 5.91 Å². The van der Waals surface area contributed by atoms with Crippen molar-refractivity contribution in [3.05, 3.63) is 36.0 Å². The summed E-state index contributed by atoms with van der Waals surface area (Å²) in [5, 5.41) is 14.1. The topological polar surface area (TPSA) is 121 Å². The van der Waals surface area contributed by atoms with Crippen molar-refractivity contribution in [3.8, 4) is 6.07 Å². The molecule has 2 amide bonds. The predicted octanol–water partition coefficient (Wildman–Crippen LogP) is -0.0389. The van der Waals surface area contributed by atoms with Crippen LogP contribution in [0.15, 0.2) is 30.3 Å². The molecule has 25 heavy (non-hydrogen) atoms. The standard InChI is InChI=1S/C16H18N4O4S/c1-20-13-6-4-3-5-11(13)9-14(20)16(22)19-12(10-25(2,23)24)15(21)18-8-7-17/h3-6,9,12H,8,10H2,1-2H3,(H,18,21)(H,19,22). The number of hydrogen-bond donors (Lipinski definition) is 2. The molecular formula is C16H18N4O4S. The SMILES string of the molecule is Cn1c(C(=O)NC(CS(C)(=O)=O)C(=O)NCC#N)cc2ccccc21. The van der Waals surface area contributed by atoms with Gasteiger partial charge in [-0.1, -0.05) is 18.2 Å². The van der Waals surface area contributed by atoms with Crippen molar-refractivity contribution in [1.29, 1.82) is 5.26 Å². The normalized spacial score (nSPS) is 12.4. The van der Waals surface area contributed by atoms with Crippen LogP contribution in [0.2, 0.25) is 0 Å². The summed E-state index contributed by atoms with van der Waals surface area (Å²) in [6.07, 6.45) is 0.973. The van der Waals surface area contributed by atoms with Crippen LogP contribution in [0.5, 0.6) is 0 Å². The highest BCUT2D eigenvalue weighted by Gasteiger charge is 2.26. The Morgan fingerprint density at radius 2 is 2.00 bits per heavy atom. The molecule has 0 aliphatic rings.